The first kappa shape index (κ1) is 14.0. The minimum atomic E-state index is -0.162. The van der Waals surface area contributed by atoms with Gasteiger partial charge in [0, 0.05) is 11.9 Å². The molecule has 22 heavy (non-hydrogen) atoms. The molecule has 0 aliphatic rings. The number of hydrogen-bond donors (Lipinski definition) is 1. The summed E-state index contributed by atoms with van der Waals surface area (Å²) >= 11 is 0. The van der Waals surface area contributed by atoms with Crippen molar-refractivity contribution in [3.8, 4) is 5.82 Å². The van der Waals surface area contributed by atoms with E-state index >= 15 is 0 Å². The van der Waals surface area contributed by atoms with E-state index in [1.807, 2.05) is 55.5 Å². The zero-order valence-corrected chi connectivity index (χ0v) is 12.2. The summed E-state index contributed by atoms with van der Waals surface area (Å²) in [6, 6.07) is 15.0. The van der Waals surface area contributed by atoms with Gasteiger partial charge in [0.15, 0.2) is 5.82 Å². The van der Waals surface area contributed by atoms with Crippen molar-refractivity contribution in [1.29, 1.82) is 0 Å². The zero-order valence-electron chi connectivity index (χ0n) is 12.2. The van der Waals surface area contributed by atoms with Crippen molar-refractivity contribution in [3.63, 3.8) is 0 Å². The van der Waals surface area contributed by atoms with Gasteiger partial charge in [0.2, 0.25) is 0 Å². The number of aromatic nitrogens is 3. The lowest BCUT2D eigenvalue weighted by molar-refractivity contribution is 0.102. The predicted octanol–water partition coefficient (Wildman–Crippen LogP) is 3.08. The molecule has 0 unspecified atom stereocenters. The smallest absolute Gasteiger partial charge is 0.259 e. The summed E-state index contributed by atoms with van der Waals surface area (Å²) in [7, 11) is 0. The molecular formula is C17H16N4O. The first-order chi connectivity index (χ1) is 10.8. The average molecular weight is 292 g/mol. The topological polar surface area (TPSA) is 59.8 Å². The lowest BCUT2D eigenvalue weighted by atomic mass is 10.2. The monoisotopic (exact) mass is 292 g/mol. The normalized spacial score (nSPS) is 10.4. The Morgan fingerprint density at radius 1 is 1.14 bits per heavy atom. The van der Waals surface area contributed by atoms with Crippen LogP contribution < -0.4 is 5.32 Å². The van der Waals surface area contributed by atoms with Crippen molar-refractivity contribution in [1.82, 2.24) is 14.8 Å². The first-order valence-corrected chi connectivity index (χ1v) is 7.14. The second kappa shape index (κ2) is 6.22. The number of hydrogen-bond acceptors (Lipinski definition) is 3. The third-order valence-electron chi connectivity index (χ3n) is 3.35. The molecule has 0 fully saturated rings. The Bertz CT molecular complexity index is 766. The van der Waals surface area contributed by atoms with Gasteiger partial charge in [-0.05, 0) is 30.7 Å². The Morgan fingerprint density at radius 3 is 2.59 bits per heavy atom. The summed E-state index contributed by atoms with van der Waals surface area (Å²) in [5.41, 5.74) is 2.17. The highest BCUT2D eigenvalue weighted by Gasteiger charge is 2.17. The maximum absolute atomic E-state index is 12.5. The van der Waals surface area contributed by atoms with Crippen LogP contribution in [0.1, 0.15) is 23.0 Å². The number of amides is 1. The summed E-state index contributed by atoms with van der Waals surface area (Å²) in [6.45, 7) is 2.00. The minimum Gasteiger partial charge on any atom is -0.322 e. The van der Waals surface area contributed by atoms with Crippen LogP contribution in [0.4, 0.5) is 5.69 Å². The minimum absolute atomic E-state index is 0.162. The first-order valence-electron chi connectivity index (χ1n) is 7.14. The molecule has 0 aliphatic heterocycles. The highest BCUT2D eigenvalue weighted by molar-refractivity contribution is 6.05. The van der Waals surface area contributed by atoms with E-state index in [0.29, 0.717) is 17.8 Å². The summed E-state index contributed by atoms with van der Waals surface area (Å²) in [6.07, 6.45) is 3.99. The van der Waals surface area contributed by atoms with Crippen molar-refractivity contribution in [2.24, 2.45) is 0 Å². The SMILES string of the molecule is CCc1c(C(=O)Nc2ccccc2)cnn1-c1ccccn1. The van der Waals surface area contributed by atoms with E-state index in [1.54, 1.807) is 17.1 Å². The molecule has 0 atom stereocenters. The Labute approximate surface area is 128 Å². The van der Waals surface area contributed by atoms with Gasteiger partial charge < -0.3 is 5.32 Å². The number of anilines is 1. The standard InChI is InChI=1S/C17H16N4O/c1-2-15-14(17(22)20-13-8-4-3-5-9-13)12-19-21(15)16-10-6-7-11-18-16/h3-12H,2H2,1H3,(H,20,22). The van der Waals surface area contributed by atoms with Gasteiger partial charge in [-0.1, -0.05) is 31.2 Å². The van der Waals surface area contributed by atoms with Gasteiger partial charge in [-0.2, -0.15) is 5.10 Å². The fourth-order valence-electron chi connectivity index (χ4n) is 2.30. The number of nitrogens with one attached hydrogen (secondary N) is 1. The Balaban J connectivity index is 1.92. The summed E-state index contributed by atoms with van der Waals surface area (Å²) in [5.74, 6) is 0.545. The van der Waals surface area contributed by atoms with E-state index in [-0.39, 0.29) is 5.91 Å². The van der Waals surface area contributed by atoms with Crippen LogP contribution in [0.15, 0.2) is 60.9 Å². The van der Waals surface area contributed by atoms with Gasteiger partial charge in [0.05, 0.1) is 17.5 Å². The molecule has 3 aromatic rings. The van der Waals surface area contributed by atoms with Gasteiger partial charge in [0.1, 0.15) is 0 Å². The molecule has 0 saturated carbocycles. The molecule has 0 aliphatic carbocycles. The van der Waals surface area contributed by atoms with Gasteiger partial charge in [0.25, 0.3) is 5.91 Å². The maximum atomic E-state index is 12.5. The molecule has 0 bridgehead atoms. The van der Waals surface area contributed by atoms with E-state index in [4.69, 9.17) is 0 Å². The third-order valence-corrected chi connectivity index (χ3v) is 3.35. The molecule has 2 heterocycles. The average Bonchev–Trinajstić information content (AvgIpc) is 3.00. The van der Waals surface area contributed by atoms with E-state index < -0.39 is 0 Å². The molecule has 3 rings (SSSR count). The highest BCUT2D eigenvalue weighted by Crippen LogP contribution is 2.16. The van der Waals surface area contributed by atoms with Crippen molar-refractivity contribution in [2.75, 3.05) is 5.32 Å². The fourth-order valence-corrected chi connectivity index (χ4v) is 2.30. The second-order valence-electron chi connectivity index (χ2n) is 4.78. The number of carbonyl (C=O) groups excluding carboxylic acids is 1. The molecule has 5 nitrogen and oxygen atoms in total. The van der Waals surface area contributed by atoms with Crippen molar-refractivity contribution in [3.05, 3.63) is 72.2 Å². The maximum Gasteiger partial charge on any atom is 0.259 e. The fraction of sp³-hybridized carbons (Fsp3) is 0.118. The molecule has 0 radical (unpaired) electrons. The highest BCUT2D eigenvalue weighted by atomic mass is 16.1. The van der Waals surface area contributed by atoms with Crippen LogP contribution in [0.3, 0.4) is 0 Å². The largest absolute Gasteiger partial charge is 0.322 e. The summed E-state index contributed by atoms with van der Waals surface area (Å²) in [5, 5.41) is 7.20. The van der Waals surface area contributed by atoms with Crippen LogP contribution in [-0.2, 0) is 6.42 Å². The van der Waals surface area contributed by atoms with Gasteiger partial charge in [-0.15, -0.1) is 0 Å². The number of benzene rings is 1. The lowest BCUT2D eigenvalue weighted by Crippen LogP contribution is -2.14. The predicted molar refractivity (Wildman–Crippen MR) is 85.1 cm³/mol. The van der Waals surface area contributed by atoms with Crippen molar-refractivity contribution >= 4 is 11.6 Å². The molecule has 110 valence electrons. The Kier molecular flexibility index (Phi) is 3.96. The molecule has 2 aromatic heterocycles. The van der Waals surface area contributed by atoms with Crippen molar-refractivity contribution < 1.29 is 4.79 Å². The Morgan fingerprint density at radius 2 is 1.91 bits per heavy atom. The van der Waals surface area contributed by atoms with E-state index in [9.17, 15) is 4.79 Å². The van der Waals surface area contributed by atoms with Crippen LogP contribution in [0, 0.1) is 0 Å². The van der Waals surface area contributed by atoms with E-state index in [0.717, 1.165) is 11.4 Å². The van der Waals surface area contributed by atoms with Gasteiger partial charge in [-0.25, -0.2) is 9.67 Å². The zero-order chi connectivity index (χ0) is 15.4. The number of para-hydroxylation sites is 1. The second-order valence-corrected chi connectivity index (χ2v) is 4.78. The van der Waals surface area contributed by atoms with Crippen LogP contribution in [0.5, 0.6) is 0 Å². The van der Waals surface area contributed by atoms with Crippen LogP contribution in [0.25, 0.3) is 5.82 Å². The van der Waals surface area contributed by atoms with Crippen molar-refractivity contribution in [2.45, 2.75) is 13.3 Å². The molecule has 1 N–H and O–H groups in total. The van der Waals surface area contributed by atoms with Crippen LogP contribution in [0.2, 0.25) is 0 Å². The Hall–Kier alpha value is -2.95. The molecule has 5 heteroatoms. The van der Waals surface area contributed by atoms with Crippen LogP contribution >= 0.6 is 0 Å². The van der Waals surface area contributed by atoms with E-state index in [2.05, 4.69) is 15.4 Å². The number of carbonyl (C=O) groups is 1. The molecule has 0 spiro atoms. The molecule has 0 saturated heterocycles. The van der Waals surface area contributed by atoms with Gasteiger partial charge in [-0.3, -0.25) is 4.79 Å². The molecule has 1 aromatic carbocycles. The molecule has 1 amide bonds. The van der Waals surface area contributed by atoms with E-state index in [1.165, 1.54) is 0 Å². The van der Waals surface area contributed by atoms with Crippen LogP contribution in [-0.4, -0.2) is 20.7 Å². The summed E-state index contributed by atoms with van der Waals surface area (Å²) in [4.78, 5) is 16.7. The molecular weight excluding hydrogens is 276 g/mol. The number of nitrogens with zero attached hydrogens (tertiary/aromatic N) is 3. The summed E-state index contributed by atoms with van der Waals surface area (Å²) < 4.78 is 1.71. The third kappa shape index (κ3) is 2.74. The van der Waals surface area contributed by atoms with Gasteiger partial charge >= 0.3 is 0 Å². The quantitative estimate of drug-likeness (QED) is 0.804. The number of rotatable bonds is 4. The lowest BCUT2D eigenvalue weighted by Gasteiger charge is -2.07. The number of pyridine rings is 1.